The van der Waals surface area contributed by atoms with Crippen LogP contribution in [0.4, 0.5) is 10.5 Å². The molecule has 18 heavy (non-hydrogen) atoms. The molecule has 6 heteroatoms. The number of phenols is 1. The highest BCUT2D eigenvalue weighted by molar-refractivity contribution is 5.90. The first-order valence-electron chi connectivity index (χ1n) is 5.15. The highest BCUT2D eigenvalue weighted by Crippen LogP contribution is 2.14. The Balaban J connectivity index is 2.34. The van der Waals surface area contributed by atoms with E-state index in [1.807, 2.05) is 0 Å². The van der Waals surface area contributed by atoms with Crippen LogP contribution in [0.1, 0.15) is 6.92 Å². The zero-order valence-corrected chi connectivity index (χ0v) is 9.90. The summed E-state index contributed by atoms with van der Waals surface area (Å²) >= 11 is 0. The van der Waals surface area contributed by atoms with Crippen molar-refractivity contribution in [1.29, 1.82) is 0 Å². The van der Waals surface area contributed by atoms with E-state index in [1.54, 1.807) is 12.1 Å². The van der Waals surface area contributed by atoms with Crippen molar-refractivity contribution in [2.24, 2.45) is 0 Å². The zero-order valence-electron chi connectivity index (χ0n) is 9.90. The lowest BCUT2D eigenvalue weighted by molar-refractivity contribution is -0.139. The standard InChI is InChI=1S/C12H14N2O4/c1-8(2)11(16)18-7-13-12(17)14-9-4-3-5-10(15)6-9/h3-6,15H,1,7H2,2H3,(H2,13,14,17). The van der Waals surface area contributed by atoms with Crippen molar-refractivity contribution in [2.45, 2.75) is 6.92 Å². The van der Waals surface area contributed by atoms with Gasteiger partial charge in [-0.05, 0) is 19.1 Å². The Morgan fingerprint density at radius 2 is 2.17 bits per heavy atom. The molecular weight excluding hydrogens is 236 g/mol. The molecule has 0 fully saturated rings. The number of rotatable bonds is 4. The van der Waals surface area contributed by atoms with E-state index in [9.17, 15) is 14.7 Å². The number of ether oxygens (including phenoxy) is 1. The highest BCUT2D eigenvalue weighted by Gasteiger charge is 2.05. The van der Waals surface area contributed by atoms with E-state index in [1.165, 1.54) is 19.1 Å². The molecule has 0 aliphatic rings. The number of aromatic hydroxyl groups is 1. The fourth-order valence-corrected chi connectivity index (χ4v) is 1.05. The fraction of sp³-hybridized carbons (Fsp3) is 0.167. The van der Waals surface area contributed by atoms with E-state index < -0.39 is 12.0 Å². The van der Waals surface area contributed by atoms with Crippen LogP contribution in [0.15, 0.2) is 36.4 Å². The van der Waals surface area contributed by atoms with Crippen LogP contribution in [0.25, 0.3) is 0 Å². The van der Waals surface area contributed by atoms with Gasteiger partial charge in [-0.25, -0.2) is 9.59 Å². The predicted molar refractivity (Wildman–Crippen MR) is 66.0 cm³/mol. The summed E-state index contributed by atoms with van der Waals surface area (Å²) < 4.78 is 4.68. The number of esters is 1. The lowest BCUT2D eigenvalue weighted by Crippen LogP contribution is -2.31. The first-order valence-corrected chi connectivity index (χ1v) is 5.15. The summed E-state index contributed by atoms with van der Waals surface area (Å²) in [6, 6.07) is 5.53. The van der Waals surface area contributed by atoms with Gasteiger partial charge in [-0.15, -0.1) is 0 Å². The van der Waals surface area contributed by atoms with E-state index in [4.69, 9.17) is 0 Å². The van der Waals surface area contributed by atoms with E-state index in [2.05, 4.69) is 21.9 Å². The van der Waals surface area contributed by atoms with Gasteiger partial charge in [0.15, 0.2) is 6.73 Å². The molecule has 1 aromatic carbocycles. The monoisotopic (exact) mass is 250 g/mol. The molecule has 96 valence electrons. The number of benzene rings is 1. The summed E-state index contributed by atoms with van der Waals surface area (Å²) in [5.41, 5.74) is 0.684. The Bertz CT molecular complexity index is 471. The quantitative estimate of drug-likeness (QED) is 0.430. The average Bonchev–Trinajstić information content (AvgIpc) is 2.28. The molecule has 2 amide bonds. The number of hydrogen-bond donors (Lipinski definition) is 3. The Morgan fingerprint density at radius 1 is 1.44 bits per heavy atom. The first-order chi connectivity index (χ1) is 8.49. The van der Waals surface area contributed by atoms with Crippen LogP contribution >= 0.6 is 0 Å². The van der Waals surface area contributed by atoms with Gasteiger partial charge >= 0.3 is 12.0 Å². The van der Waals surface area contributed by atoms with E-state index in [0.29, 0.717) is 5.69 Å². The SMILES string of the molecule is C=C(C)C(=O)OCNC(=O)Nc1cccc(O)c1. The number of amides is 2. The second-order valence-electron chi connectivity index (χ2n) is 3.54. The number of urea groups is 1. The van der Waals surface area contributed by atoms with Gasteiger partial charge in [0.1, 0.15) is 5.75 Å². The highest BCUT2D eigenvalue weighted by atomic mass is 16.5. The summed E-state index contributed by atoms with van der Waals surface area (Å²) in [5.74, 6) is -0.533. The van der Waals surface area contributed by atoms with E-state index in [-0.39, 0.29) is 18.1 Å². The molecule has 0 bridgehead atoms. The molecule has 0 unspecified atom stereocenters. The third kappa shape index (κ3) is 4.56. The molecule has 0 heterocycles. The van der Waals surface area contributed by atoms with Crippen LogP contribution in [0.3, 0.4) is 0 Å². The number of hydrogen-bond acceptors (Lipinski definition) is 4. The topological polar surface area (TPSA) is 87.7 Å². The Morgan fingerprint density at radius 3 is 2.78 bits per heavy atom. The lowest BCUT2D eigenvalue weighted by atomic mass is 10.3. The van der Waals surface area contributed by atoms with Crippen molar-refractivity contribution in [3.05, 3.63) is 36.4 Å². The van der Waals surface area contributed by atoms with Gasteiger partial charge in [0, 0.05) is 17.3 Å². The molecule has 1 rings (SSSR count). The number of carbonyl (C=O) groups is 2. The van der Waals surface area contributed by atoms with Gasteiger partial charge in [0.2, 0.25) is 0 Å². The number of phenolic OH excluding ortho intramolecular Hbond substituents is 1. The third-order valence-corrected chi connectivity index (χ3v) is 1.89. The van der Waals surface area contributed by atoms with Crippen LogP contribution in [-0.2, 0) is 9.53 Å². The summed E-state index contributed by atoms with van der Waals surface area (Å²) in [5, 5.41) is 14.0. The Kier molecular flexibility index (Phi) is 4.74. The Hall–Kier alpha value is -2.50. The minimum absolute atomic E-state index is 0.0431. The maximum absolute atomic E-state index is 11.4. The summed E-state index contributed by atoms with van der Waals surface area (Å²) in [7, 11) is 0. The third-order valence-electron chi connectivity index (χ3n) is 1.89. The van der Waals surface area contributed by atoms with E-state index >= 15 is 0 Å². The van der Waals surface area contributed by atoms with Crippen LogP contribution in [0, 0.1) is 0 Å². The van der Waals surface area contributed by atoms with Crippen molar-refractivity contribution in [3.8, 4) is 5.75 Å². The summed E-state index contributed by atoms with van der Waals surface area (Å²) in [6.07, 6.45) is 0. The zero-order chi connectivity index (χ0) is 13.5. The van der Waals surface area contributed by atoms with Gasteiger partial charge in [0.25, 0.3) is 0 Å². The Labute approximate surface area is 104 Å². The van der Waals surface area contributed by atoms with Crippen LogP contribution in [-0.4, -0.2) is 23.8 Å². The number of carbonyl (C=O) groups excluding carboxylic acids is 2. The van der Waals surface area contributed by atoms with Crippen molar-refractivity contribution < 1.29 is 19.4 Å². The lowest BCUT2D eigenvalue weighted by Gasteiger charge is -2.08. The molecule has 3 N–H and O–H groups in total. The molecule has 0 saturated heterocycles. The molecular formula is C12H14N2O4. The van der Waals surface area contributed by atoms with Gasteiger partial charge < -0.3 is 20.5 Å². The molecule has 0 spiro atoms. The molecule has 0 aliphatic heterocycles. The van der Waals surface area contributed by atoms with Crippen molar-refractivity contribution >= 4 is 17.7 Å². The normalized spacial score (nSPS) is 9.39. The average molecular weight is 250 g/mol. The molecule has 6 nitrogen and oxygen atoms in total. The van der Waals surface area contributed by atoms with Crippen molar-refractivity contribution in [1.82, 2.24) is 5.32 Å². The van der Waals surface area contributed by atoms with E-state index in [0.717, 1.165) is 0 Å². The largest absolute Gasteiger partial charge is 0.508 e. The number of nitrogens with one attached hydrogen (secondary N) is 2. The first kappa shape index (κ1) is 13.6. The van der Waals surface area contributed by atoms with Gasteiger partial charge in [0.05, 0.1) is 0 Å². The van der Waals surface area contributed by atoms with Gasteiger partial charge in [-0.2, -0.15) is 0 Å². The molecule has 0 radical (unpaired) electrons. The predicted octanol–water partition coefficient (Wildman–Crippen LogP) is 1.59. The van der Waals surface area contributed by atoms with Crippen LogP contribution < -0.4 is 10.6 Å². The summed E-state index contributed by atoms with van der Waals surface area (Å²) in [4.78, 5) is 22.4. The second kappa shape index (κ2) is 6.29. The molecule has 0 saturated carbocycles. The minimum Gasteiger partial charge on any atom is -0.508 e. The minimum atomic E-state index is -0.576. The smallest absolute Gasteiger partial charge is 0.334 e. The van der Waals surface area contributed by atoms with Crippen molar-refractivity contribution in [2.75, 3.05) is 12.0 Å². The maximum atomic E-state index is 11.4. The molecule has 0 aliphatic carbocycles. The maximum Gasteiger partial charge on any atom is 0.334 e. The van der Waals surface area contributed by atoms with Gasteiger partial charge in [-0.1, -0.05) is 12.6 Å². The summed E-state index contributed by atoms with van der Waals surface area (Å²) in [6.45, 7) is 4.66. The van der Waals surface area contributed by atoms with Crippen molar-refractivity contribution in [3.63, 3.8) is 0 Å². The molecule has 1 aromatic rings. The molecule has 0 atom stereocenters. The fourth-order valence-electron chi connectivity index (χ4n) is 1.05. The van der Waals surface area contributed by atoms with Crippen LogP contribution in [0.2, 0.25) is 0 Å². The van der Waals surface area contributed by atoms with Gasteiger partial charge in [-0.3, -0.25) is 0 Å². The number of anilines is 1. The molecule has 0 aromatic heterocycles. The van der Waals surface area contributed by atoms with Crippen LogP contribution in [0.5, 0.6) is 5.75 Å². The second-order valence-corrected chi connectivity index (χ2v) is 3.54.